The van der Waals surface area contributed by atoms with Crippen LogP contribution in [0.25, 0.3) is 6.08 Å². The Morgan fingerprint density at radius 3 is 2.74 bits per heavy atom. The Hall–Kier alpha value is -3.52. The van der Waals surface area contributed by atoms with E-state index in [0.717, 1.165) is 16.7 Å². The zero-order valence-corrected chi connectivity index (χ0v) is 15.2. The number of fused-ring (bicyclic) bond motifs is 1. The van der Waals surface area contributed by atoms with Gasteiger partial charge in [-0.1, -0.05) is 42.5 Å². The molecule has 27 heavy (non-hydrogen) atoms. The fourth-order valence-electron chi connectivity index (χ4n) is 2.88. The van der Waals surface area contributed by atoms with Crippen molar-refractivity contribution < 1.29 is 14.3 Å². The second-order valence-corrected chi connectivity index (χ2v) is 6.16. The minimum Gasteiger partial charge on any atom is -0.493 e. The molecule has 1 amide bonds. The van der Waals surface area contributed by atoms with Gasteiger partial charge in [-0.3, -0.25) is 4.79 Å². The number of rotatable bonds is 5. The monoisotopic (exact) mass is 360 g/mol. The molecule has 0 bridgehead atoms. The summed E-state index contributed by atoms with van der Waals surface area (Å²) in [4.78, 5) is 12.5. The minimum atomic E-state index is -0.411. The average molecular weight is 360 g/mol. The lowest BCUT2D eigenvalue weighted by molar-refractivity contribution is -0.117. The van der Waals surface area contributed by atoms with E-state index in [-0.39, 0.29) is 18.2 Å². The average Bonchev–Trinajstić information content (AvgIpc) is 2.71. The third-order valence-electron chi connectivity index (χ3n) is 4.30. The quantitative estimate of drug-likeness (QED) is 0.650. The Morgan fingerprint density at radius 2 is 2.04 bits per heavy atom. The number of nitrogens with one attached hydrogen (secondary N) is 1. The number of carbonyl (C=O) groups excluding carboxylic acids is 1. The number of hydrogen-bond donors (Lipinski definition) is 1. The molecular weight excluding hydrogens is 340 g/mol. The van der Waals surface area contributed by atoms with E-state index in [2.05, 4.69) is 5.32 Å². The van der Waals surface area contributed by atoms with Crippen molar-refractivity contribution in [2.75, 3.05) is 13.7 Å². The van der Waals surface area contributed by atoms with E-state index in [1.54, 1.807) is 13.2 Å². The molecule has 5 nitrogen and oxygen atoms in total. The maximum atomic E-state index is 12.5. The second-order valence-electron chi connectivity index (χ2n) is 6.16. The van der Waals surface area contributed by atoms with Crippen LogP contribution in [0.15, 0.2) is 65.8 Å². The molecule has 1 heterocycles. The summed E-state index contributed by atoms with van der Waals surface area (Å²) in [7, 11) is 1.59. The van der Waals surface area contributed by atoms with Crippen LogP contribution in [0.1, 0.15) is 24.1 Å². The summed E-state index contributed by atoms with van der Waals surface area (Å²) in [5, 5.41) is 12.3. The first-order valence-corrected chi connectivity index (χ1v) is 8.60. The fraction of sp³-hybridized carbons (Fsp3) is 0.182. The van der Waals surface area contributed by atoms with Crippen molar-refractivity contribution in [3.8, 4) is 17.6 Å². The highest BCUT2D eigenvalue weighted by atomic mass is 16.5. The summed E-state index contributed by atoms with van der Waals surface area (Å²) in [6, 6.07) is 17.0. The summed E-state index contributed by atoms with van der Waals surface area (Å²) in [6.07, 6.45) is 3.46. The van der Waals surface area contributed by atoms with Gasteiger partial charge >= 0.3 is 0 Å². The van der Waals surface area contributed by atoms with Crippen LogP contribution in [0, 0.1) is 11.3 Å². The van der Waals surface area contributed by atoms with Crippen LogP contribution in [0.2, 0.25) is 0 Å². The fourth-order valence-corrected chi connectivity index (χ4v) is 2.88. The van der Waals surface area contributed by atoms with E-state index >= 15 is 0 Å². The van der Waals surface area contributed by atoms with E-state index in [4.69, 9.17) is 9.47 Å². The highest BCUT2D eigenvalue weighted by Gasteiger charge is 2.18. The zero-order chi connectivity index (χ0) is 19.2. The van der Waals surface area contributed by atoms with E-state index < -0.39 is 5.91 Å². The number of nitrogens with zero attached hydrogens (tertiary/aromatic N) is 1. The highest BCUT2D eigenvalue weighted by molar-refractivity contribution is 5.98. The third-order valence-corrected chi connectivity index (χ3v) is 4.30. The maximum Gasteiger partial charge on any atom is 0.262 e. The van der Waals surface area contributed by atoms with Gasteiger partial charge in [0.25, 0.3) is 5.91 Å². The Morgan fingerprint density at radius 1 is 1.26 bits per heavy atom. The van der Waals surface area contributed by atoms with Crippen molar-refractivity contribution in [1.29, 1.82) is 5.26 Å². The van der Waals surface area contributed by atoms with Crippen LogP contribution in [0.4, 0.5) is 0 Å². The van der Waals surface area contributed by atoms with Gasteiger partial charge in [-0.2, -0.15) is 5.26 Å². The largest absolute Gasteiger partial charge is 0.493 e. The van der Waals surface area contributed by atoms with Crippen LogP contribution in [0.5, 0.6) is 11.5 Å². The number of carbonyl (C=O) groups is 1. The summed E-state index contributed by atoms with van der Waals surface area (Å²) >= 11 is 0. The van der Waals surface area contributed by atoms with E-state index in [9.17, 15) is 10.1 Å². The molecule has 136 valence electrons. The molecule has 1 N–H and O–H groups in total. The molecule has 3 rings (SSSR count). The Labute approximate surface area is 158 Å². The molecule has 0 aromatic heterocycles. The number of benzene rings is 2. The van der Waals surface area contributed by atoms with Gasteiger partial charge < -0.3 is 14.8 Å². The summed E-state index contributed by atoms with van der Waals surface area (Å²) in [5.74, 6) is 0.908. The molecule has 0 spiro atoms. The van der Waals surface area contributed by atoms with Gasteiger partial charge in [0.05, 0.1) is 13.2 Å². The normalized spacial score (nSPS) is 14.1. The lowest BCUT2D eigenvalue weighted by Crippen LogP contribution is -2.27. The number of ether oxygens (including phenoxy) is 2. The van der Waals surface area contributed by atoms with Crippen LogP contribution in [-0.4, -0.2) is 19.6 Å². The first-order chi connectivity index (χ1) is 13.1. The van der Waals surface area contributed by atoms with Crippen LogP contribution in [-0.2, 0) is 4.79 Å². The summed E-state index contributed by atoms with van der Waals surface area (Å²) in [5.41, 5.74) is 2.61. The third kappa shape index (κ3) is 4.18. The van der Waals surface area contributed by atoms with E-state index in [0.29, 0.717) is 11.5 Å². The Kier molecular flexibility index (Phi) is 5.58. The number of amides is 1. The molecule has 5 heteroatoms. The molecule has 1 aliphatic rings. The SMILES string of the molecule is COc1cccc2c1OCC(/C=C(/C#N)C(=O)NC(C)c1ccccc1)=C2. The van der Waals surface area contributed by atoms with Crippen LogP contribution >= 0.6 is 0 Å². The molecule has 1 aliphatic heterocycles. The first kappa shape index (κ1) is 18.3. The molecular formula is C22H20N2O3. The van der Waals surface area contributed by atoms with Crippen molar-refractivity contribution in [1.82, 2.24) is 5.32 Å². The lowest BCUT2D eigenvalue weighted by atomic mass is 10.0. The van der Waals surface area contributed by atoms with Gasteiger partial charge in [-0.25, -0.2) is 0 Å². The Bertz CT molecular complexity index is 940. The molecule has 0 saturated carbocycles. The van der Waals surface area contributed by atoms with Crippen molar-refractivity contribution in [3.63, 3.8) is 0 Å². The molecule has 2 aromatic carbocycles. The van der Waals surface area contributed by atoms with Crippen LogP contribution in [0.3, 0.4) is 0 Å². The van der Waals surface area contributed by atoms with Crippen molar-refractivity contribution >= 4 is 12.0 Å². The maximum absolute atomic E-state index is 12.5. The molecule has 0 fully saturated rings. The predicted molar refractivity (Wildman–Crippen MR) is 103 cm³/mol. The molecule has 0 aliphatic carbocycles. The summed E-state index contributed by atoms with van der Waals surface area (Å²) < 4.78 is 11.0. The highest BCUT2D eigenvalue weighted by Crippen LogP contribution is 2.35. The second kappa shape index (κ2) is 8.24. The molecule has 0 saturated heterocycles. The predicted octanol–water partition coefficient (Wildman–Crippen LogP) is 3.80. The van der Waals surface area contributed by atoms with E-state index in [1.807, 2.05) is 67.6 Å². The van der Waals surface area contributed by atoms with E-state index in [1.165, 1.54) is 0 Å². The number of nitriles is 1. The van der Waals surface area contributed by atoms with Crippen molar-refractivity contribution in [2.45, 2.75) is 13.0 Å². The van der Waals surface area contributed by atoms with Crippen molar-refractivity contribution in [3.05, 3.63) is 76.9 Å². The molecule has 0 radical (unpaired) electrons. The van der Waals surface area contributed by atoms with Gasteiger partial charge in [0.2, 0.25) is 0 Å². The Balaban J connectivity index is 1.79. The lowest BCUT2D eigenvalue weighted by Gasteiger charge is -2.19. The minimum absolute atomic E-state index is 0.0407. The van der Waals surface area contributed by atoms with Gasteiger partial charge in [0, 0.05) is 5.56 Å². The number of methoxy groups -OCH3 is 1. The van der Waals surface area contributed by atoms with Gasteiger partial charge in [-0.05, 0) is 36.3 Å². The van der Waals surface area contributed by atoms with Gasteiger partial charge in [0.1, 0.15) is 18.2 Å². The zero-order valence-electron chi connectivity index (χ0n) is 15.2. The topological polar surface area (TPSA) is 71.3 Å². The van der Waals surface area contributed by atoms with Crippen molar-refractivity contribution in [2.24, 2.45) is 0 Å². The number of para-hydroxylation sites is 1. The standard InChI is InChI=1S/C22H20N2O3/c1-15(17-7-4-3-5-8-17)24-22(25)19(13-23)12-16-11-18-9-6-10-20(26-2)21(18)27-14-16/h3-12,15H,14H2,1-2H3,(H,24,25)/b19-12-. The smallest absolute Gasteiger partial charge is 0.262 e. The molecule has 2 aromatic rings. The number of hydrogen-bond acceptors (Lipinski definition) is 4. The van der Waals surface area contributed by atoms with Gasteiger partial charge in [0.15, 0.2) is 11.5 Å². The molecule has 1 unspecified atom stereocenters. The van der Waals surface area contributed by atoms with Gasteiger partial charge in [-0.15, -0.1) is 0 Å². The van der Waals surface area contributed by atoms with Crippen LogP contribution < -0.4 is 14.8 Å². The molecule has 1 atom stereocenters. The summed E-state index contributed by atoms with van der Waals surface area (Å²) in [6.45, 7) is 2.15. The first-order valence-electron chi connectivity index (χ1n) is 8.60.